The van der Waals surface area contributed by atoms with E-state index in [9.17, 15) is 4.79 Å². The third kappa shape index (κ3) is 3.17. The van der Waals surface area contributed by atoms with Crippen LogP contribution in [-0.4, -0.2) is 56.1 Å². The van der Waals surface area contributed by atoms with Gasteiger partial charge in [-0.25, -0.2) is 4.98 Å². The largest absolute Gasteiger partial charge is 0.337 e. The van der Waals surface area contributed by atoms with Crippen LogP contribution in [0.3, 0.4) is 0 Å². The third-order valence-corrected chi connectivity index (χ3v) is 5.06. The van der Waals surface area contributed by atoms with Crippen LogP contribution < -0.4 is 5.32 Å². The molecule has 1 saturated heterocycles. The van der Waals surface area contributed by atoms with Crippen LogP contribution in [0.5, 0.6) is 0 Å². The van der Waals surface area contributed by atoms with Crippen LogP contribution in [0, 0.1) is 0 Å². The molecule has 1 atom stereocenters. The van der Waals surface area contributed by atoms with Crippen molar-refractivity contribution in [3.05, 3.63) is 41.7 Å². The number of aromatic nitrogens is 4. The maximum Gasteiger partial charge on any atom is 0.274 e. The molecule has 1 amide bonds. The summed E-state index contributed by atoms with van der Waals surface area (Å²) in [6.45, 7) is 1.55. The van der Waals surface area contributed by atoms with Gasteiger partial charge < -0.3 is 10.2 Å². The van der Waals surface area contributed by atoms with Crippen molar-refractivity contribution < 1.29 is 4.79 Å². The minimum absolute atomic E-state index is 0.0127. The van der Waals surface area contributed by atoms with E-state index < -0.39 is 0 Å². The van der Waals surface area contributed by atoms with Gasteiger partial charge in [-0.15, -0.1) is 0 Å². The van der Waals surface area contributed by atoms with Crippen molar-refractivity contribution in [1.29, 1.82) is 0 Å². The van der Waals surface area contributed by atoms with Gasteiger partial charge in [0.15, 0.2) is 0 Å². The van der Waals surface area contributed by atoms with Gasteiger partial charge in [0.25, 0.3) is 5.91 Å². The number of aryl methyl sites for hydroxylation is 1. The molecule has 2 aromatic heterocycles. The van der Waals surface area contributed by atoms with Crippen LogP contribution in [0.1, 0.15) is 41.0 Å². The van der Waals surface area contributed by atoms with Crippen molar-refractivity contribution in [3.63, 3.8) is 0 Å². The van der Waals surface area contributed by atoms with Crippen molar-refractivity contribution in [2.75, 3.05) is 13.1 Å². The van der Waals surface area contributed by atoms with Crippen LogP contribution in [-0.2, 0) is 12.8 Å². The Morgan fingerprint density at radius 1 is 1.17 bits per heavy atom. The van der Waals surface area contributed by atoms with Gasteiger partial charge in [0.1, 0.15) is 5.69 Å². The Hall–Kier alpha value is -2.28. The third-order valence-electron chi connectivity index (χ3n) is 5.06. The maximum atomic E-state index is 12.4. The van der Waals surface area contributed by atoms with Crippen LogP contribution in [0.2, 0.25) is 0 Å². The van der Waals surface area contributed by atoms with Gasteiger partial charge in [-0.3, -0.25) is 14.9 Å². The number of carbonyl (C=O) groups is 1. The van der Waals surface area contributed by atoms with Gasteiger partial charge in [-0.05, 0) is 31.2 Å². The topological polar surface area (TPSA) is 86.8 Å². The molecule has 7 heteroatoms. The number of piperidine rings is 1. The molecule has 7 nitrogen and oxygen atoms in total. The molecule has 1 aliphatic carbocycles. The average Bonchev–Trinajstić information content (AvgIpc) is 3.10. The Morgan fingerprint density at radius 3 is 2.83 bits per heavy atom. The number of nitrogens with one attached hydrogen (secondary N) is 2. The first kappa shape index (κ1) is 15.3. The number of fused-ring (bicyclic) bond motifs is 1. The van der Waals surface area contributed by atoms with Gasteiger partial charge in [0.05, 0.1) is 12.4 Å². The molecule has 0 radical (unpaired) electrons. The number of hydrogen-bond acceptors (Lipinski definition) is 5. The number of aromatic amines is 1. The van der Waals surface area contributed by atoms with Crippen molar-refractivity contribution in [3.8, 4) is 0 Å². The van der Waals surface area contributed by atoms with Crippen molar-refractivity contribution >= 4 is 5.91 Å². The van der Waals surface area contributed by atoms with E-state index in [-0.39, 0.29) is 5.91 Å². The molecule has 1 aliphatic heterocycles. The Kier molecular flexibility index (Phi) is 4.25. The summed E-state index contributed by atoms with van der Waals surface area (Å²) in [5.41, 5.74) is 3.06. The smallest absolute Gasteiger partial charge is 0.274 e. The first-order valence-corrected chi connectivity index (χ1v) is 8.62. The molecule has 2 aliphatic rings. The quantitative estimate of drug-likeness (QED) is 0.877. The van der Waals surface area contributed by atoms with Crippen molar-refractivity contribution in [2.45, 2.75) is 44.2 Å². The highest BCUT2D eigenvalue weighted by atomic mass is 16.2. The van der Waals surface area contributed by atoms with E-state index in [1.807, 2.05) is 11.1 Å². The molecular weight excluding hydrogens is 304 g/mol. The summed E-state index contributed by atoms with van der Waals surface area (Å²) >= 11 is 0. The summed E-state index contributed by atoms with van der Waals surface area (Å²) in [6.07, 6.45) is 11.9. The number of carbonyl (C=O) groups excluding carboxylic acids is 1. The molecular formula is C17H22N6O. The Balaban J connectivity index is 1.28. The second-order valence-corrected chi connectivity index (χ2v) is 6.64. The Labute approximate surface area is 140 Å². The number of H-pyrrole nitrogens is 1. The lowest BCUT2D eigenvalue weighted by Gasteiger charge is -2.35. The first-order chi connectivity index (χ1) is 11.8. The number of nitrogens with zero attached hydrogens (tertiary/aromatic N) is 4. The fraction of sp³-hybridized carbons (Fsp3) is 0.529. The Morgan fingerprint density at radius 2 is 2.04 bits per heavy atom. The lowest BCUT2D eigenvalue weighted by Crippen LogP contribution is -2.49. The molecule has 1 unspecified atom stereocenters. The highest BCUT2D eigenvalue weighted by Crippen LogP contribution is 2.21. The Bertz CT molecular complexity index is 692. The van der Waals surface area contributed by atoms with Gasteiger partial charge in [-0.1, -0.05) is 0 Å². The van der Waals surface area contributed by atoms with E-state index in [0.29, 0.717) is 17.8 Å². The first-order valence-electron chi connectivity index (χ1n) is 8.62. The van der Waals surface area contributed by atoms with E-state index in [0.717, 1.165) is 45.2 Å². The van der Waals surface area contributed by atoms with E-state index in [4.69, 9.17) is 0 Å². The summed E-state index contributed by atoms with van der Waals surface area (Å²) in [5, 5.41) is 11.0. The van der Waals surface area contributed by atoms with E-state index in [2.05, 4.69) is 25.5 Å². The van der Waals surface area contributed by atoms with Crippen molar-refractivity contribution in [2.24, 2.45) is 0 Å². The normalized spacial score (nSPS) is 21.5. The predicted molar refractivity (Wildman–Crippen MR) is 88.5 cm³/mol. The molecule has 0 spiro atoms. The molecule has 4 rings (SSSR count). The zero-order chi connectivity index (χ0) is 16.4. The molecule has 126 valence electrons. The molecule has 3 heterocycles. The minimum atomic E-state index is -0.0127. The molecule has 0 bridgehead atoms. The lowest BCUT2D eigenvalue weighted by atomic mass is 9.92. The van der Waals surface area contributed by atoms with Crippen LogP contribution in [0.4, 0.5) is 0 Å². The SMILES string of the molecule is O=C(c1cnccn1)N1CCC(NC2CCc3cn[nH]c3C2)CC1. The summed E-state index contributed by atoms with van der Waals surface area (Å²) in [5.74, 6) is -0.0127. The zero-order valence-corrected chi connectivity index (χ0v) is 13.6. The second-order valence-electron chi connectivity index (χ2n) is 6.64. The highest BCUT2D eigenvalue weighted by molar-refractivity contribution is 5.92. The summed E-state index contributed by atoms with van der Waals surface area (Å²) in [7, 11) is 0. The number of amides is 1. The predicted octanol–water partition coefficient (Wildman–Crippen LogP) is 0.951. The number of likely N-dealkylation sites (tertiary alicyclic amines) is 1. The monoisotopic (exact) mass is 326 g/mol. The summed E-state index contributed by atoms with van der Waals surface area (Å²) in [4.78, 5) is 22.4. The number of rotatable bonds is 3. The fourth-order valence-corrected chi connectivity index (χ4v) is 3.70. The molecule has 0 saturated carbocycles. The molecule has 1 fully saturated rings. The molecule has 0 aromatic carbocycles. The summed E-state index contributed by atoms with van der Waals surface area (Å²) in [6, 6.07) is 0.982. The van der Waals surface area contributed by atoms with E-state index >= 15 is 0 Å². The van der Waals surface area contributed by atoms with Crippen LogP contribution in [0.15, 0.2) is 24.8 Å². The van der Waals surface area contributed by atoms with E-state index in [1.165, 1.54) is 17.5 Å². The van der Waals surface area contributed by atoms with Gasteiger partial charge in [-0.2, -0.15) is 5.10 Å². The minimum Gasteiger partial charge on any atom is -0.337 e. The van der Waals surface area contributed by atoms with Crippen LogP contribution in [0.25, 0.3) is 0 Å². The van der Waals surface area contributed by atoms with Crippen LogP contribution >= 0.6 is 0 Å². The zero-order valence-electron chi connectivity index (χ0n) is 13.6. The standard InChI is InChI=1S/C17H22N6O/c24-17(16-11-18-5-6-19-16)23-7-3-13(4-8-23)21-14-2-1-12-10-20-22-15(12)9-14/h5-6,10-11,13-14,21H,1-4,7-9H2,(H,20,22). The second kappa shape index (κ2) is 6.68. The van der Waals surface area contributed by atoms with Crippen molar-refractivity contribution in [1.82, 2.24) is 30.4 Å². The average molecular weight is 326 g/mol. The van der Waals surface area contributed by atoms with Gasteiger partial charge in [0, 0.05) is 49.7 Å². The number of hydrogen-bond donors (Lipinski definition) is 2. The maximum absolute atomic E-state index is 12.4. The van der Waals surface area contributed by atoms with Gasteiger partial charge in [0.2, 0.25) is 0 Å². The van der Waals surface area contributed by atoms with E-state index in [1.54, 1.807) is 12.4 Å². The highest BCUT2D eigenvalue weighted by Gasteiger charge is 2.27. The lowest BCUT2D eigenvalue weighted by molar-refractivity contribution is 0.0694. The molecule has 2 aromatic rings. The fourth-order valence-electron chi connectivity index (χ4n) is 3.70. The van der Waals surface area contributed by atoms with Gasteiger partial charge >= 0.3 is 0 Å². The summed E-state index contributed by atoms with van der Waals surface area (Å²) < 4.78 is 0. The molecule has 2 N–H and O–H groups in total. The molecule has 24 heavy (non-hydrogen) atoms.